The molecule has 6 heteroatoms. The molecule has 0 saturated heterocycles. The SMILES string of the molecule is CN(C(=O)CC(F)(F)F)c1cccc(CN)c1. The van der Waals surface area contributed by atoms with E-state index in [1.807, 2.05) is 0 Å². The molecule has 0 spiro atoms. The minimum absolute atomic E-state index is 0.273. The molecule has 94 valence electrons. The summed E-state index contributed by atoms with van der Waals surface area (Å²) in [6, 6.07) is 6.54. The largest absolute Gasteiger partial charge is 0.397 e. The van der Waals surface area contributed by atoms with E-state index in [4.69, 9.17) is 5.73 Å². The third kappa shape index (κ3) is 4.07. The van der Waals surface area contributed by atoms with Gasteiger partial charge in [0, 0.05) is 19.3 Å². The van der Waals surface area contributed by atoms with Crippen LogP contribution in [0.15, 0.2) is 24.3 Å². The van der Waals surface area contributed by atoms with E-state index >= 15 is 0 Å². The summed E-state index contributed by atoms with van der Waals surface area (Å²) in [5.41, 5.74) is 6.58. The summed E-state index contributed by atoms with van der Waals surface area (Å²) in [5.74, 6) is -0.994. The van der Waals surface area contributed by atoms with Crippen molar-refractivity contribution in [2.24, 2.45) is 5.73 Å². The van der Waals surface area contributed by atoms with Crippen molar-refractivity contribution in [2.75, 3.05) is 11.9 Å². The third-order valence-electron chi connectivity index (χ3n) is 2.26. The average Bonchev–Trinajstić information content (AvgIpc) is 2.26. The summed E-state index contributed by atoms with van der Waals surface area (Å²) in [5, 5.41) is 0. The van der Waals surface area contributed by atoms with Crippen molar-refractivity contribution in [2.45, 2.75) is 19.1 Å². The van der Waals surface area contributed by atoms with Crippen LogP contribution in [0.2, 0.25) is 0 Å². The molecule has 0 aliphatic heterocycles. The summed E-state index contributed by atoms with van der Waals surface area (Å²) >= 11 is 0. The molecule has 0 aliphatic rings. The third-order valence-corrected chi connectivity index (χ3v) is 2.26. The smallest absolute Gasteiger partial charge is 0.326 e. The first-order valence-electron chi connectivity index (χ1n) is 4.96. The van der Waals surface area contributed by atoms with Gasteiger partial charge in [-0.15, -0.1) is 0 Å². The van der Waals surface area contributed by atoms with Gasteiger partial charge in [0.25, 0.3) is 0 Å². The van der Waals surface area contributed by atoms with Crippen molar-refractivity contribution < 1.29 is 18.0 Å². The van der Waals surface area contributed by atoms with E-state index in [2.05, 4.69) is 0 Å². The van der Waals surface area contributed by atoms with Crippen LogP contribution in [0.3, 0.4) is 0 Å². The van der Waals surface area contributed by atoms with Crippen LogP contribution in [0.25, 0.3) is 0 Å². The lowest BCUT2D eigenvalue weighted by Crippen LogP contribution is -2.30. The highest BCUT2D eigenvalue weighted by molar-refractivity contribution is 5.93. The minimum Gasteiger partial charge on any atom is -0.326 e. The van der Waals surface area contributed by atoms with Crippen LogP contribution in [0.4, 0.5) is 18.9 Å². The molecule has 0 bridgehead atoms. The zero-order chi connectivity index (χ0) is 13.1. The molecule has 1 aromatic rings. The monoisotopic (exact) mass is 246 g/mol. The molecule has 3 nitrogen and oxygen atoms in total. The Hall–Kier alpha value is -1.56. The van der Waals surface area contributed by atoms with Crippen LogP contribution in [0, 0.1) is 0 Å². The number of nitrogens with zero attached hydrogens (tertiary/aromatic N) is 1. The fourth-order valence-corrected chi connectivity index (χ4v) is 1.33. The van der Waals surface area contributed by atoms with E-state index < -0.39 is 18.5 Å². The number of hydrogen-bond acceptors (Lipinski definition) is 2. The van der Waals surface area contributed by atoms with Crippen LogP contribution >= 0.6 is 0 Å². The Morgan fingerprint density at radius 1 is 1.41 bits per heavy atom. The van der Waals surface area contributed by atoms with E-state index in [9.17, 15) is 18.0 Å². The quantitative estimate of drug-likeness (QED) is 0.887. The molecule has 0 unspecified atom stereocenters. The lowest BCUT2D eigenvalue weighted by Gasteiger charge is -2.18. The van der Waals surface area contributed by atoms with Crippen LogP contribution < -0.4 is 10.6 Å². The van der Waals surface area contributed by atoms with E-state index in [1.54, 1.807) is 24.3 Å². The van der Waals surface area contributed by atoms with Crippen molar-refractivity contribution in [3.8, 4) is 0 Å². The van der Waals surface area contributed by atoms with Gasteiger partial charge in [-0.2, -0.15) is 13.2 Å². The molecule has 0 heterocycles. The summed E-state index contributed by atoms with van der Waals surface area (Å²) in [7, 11) is 1.31. The summed E-state index contributed by atoms with van der Waals surface area (Å²) < 4.78 is 36.2. The Morgan fingerprint density at radius 3 is 2.59 bits per heavy atom. The number of nitrogens with two attached hydrogens (primary N) is 1. The number of alkyl halides is 3. The van der Waals surface area contributed by atoms with Crippen LogP contribution in [0.1, 0.15) is 12.0 Å². The number of rotatable bonds is 3. The standard InChI is InChI=1S/C11H13F3N2O/c1-16(10(17)6-11(12,13)14)9-4-2-3-8(5-9)7-15/h2-5H,6-7,15H2,1H3. The van der Waals surface area contributed by atoms with E-state index in [1.165, 1.54) is 7.05 Å². The summed E-state index contributed by atoms with van der Waals surface area (Å²) in [4.78, 5) is 12.3. The fourth-order valence-electron chi connectivity index (χ4n) is 1.33. The Labute approximate surface area is 97.0 Å². The maximum atomic E-state index is 12.1. The first-order chi connectivity index (χ1) is 7.83. The van der Waals surface area contributed by atoms with Crippen molar-refractivity contribution in [1.29, 1.82) is 0 Å². The number of carbonyl (C=O) groups is 1. The molecule has 0 saturated carbocycles. The molecular weight excluding hydrogens is 233 g/mol. The molecular formula is C11H13F3N2O. The first kappa shape index (κ1) is 13.5. The van der Waals surface area contributed by atoms with Crippen LogP contribution in [-0.4, -0.2) is 19.1 Å². The van der Waals surface area contributed by atoms with Crippen molar-refractivity contribution in [3.05, 3.63) is 29.8 Å². The Balaban J connectivity index is 2.81. The van der Waals surface area contributed by atoms with Crippen molar-refractivity contribution in [1.82, 2.24) is 0 Å². The maximum absolute atomic E-state index is 12.1. The Kier molecular flexibility index (Phi) is 4.11. The molecule has 17 heavy (non-hydrogen) atoms. The van der Waals surface area contributed by atoms with Crippen molar-refractivity contribution in [3.63, 3.8) is 0 Å². The second-order valence-electron chi connectivity index (χ2n) is 3.62. The van der Waals surface area contributed by atoms with E-state index in [-0.39, 0.29) is 6.54 Å². The molecule has 0 radical (unpaired) electrons. The van der Waals surface area contributed by atoms with Crippen molar-refractivity contribution >= 4 is 11.6 Å². The van der Waals surface area contributed by atoms with Gasteiger partial charge in [0.1, 0.15) is 6.42 Å². The lowest BCUT2D eigenvalue weighted by atomic mass is 10.2. The Morgan fingerprint density at radius 2 is 2.06 bits per heavy atom. The summed E-state index contributed by atoms with van der Waals surface area (Å²) in [6.45, 7) is 0.273. The van der Waals surface area contributed by atoms with Crippen LogP contribution in [-0.2, 0) is 11.3 Å². The molecule has 1 amide bonds. The van der Waals surface area contributed by atoms with Gasteiger partial charge in [-0.1, -0.05) is 12.1 Å². The highest BCUT2D eigenvalue weighted by Gasteiger charge is 2.32. The highest BCUT2D eigenvalue weighted by Crippen LogP contribution is 2.23. The first-order valence-corrected chi connectivity index (χ1v) is 4.96. The van der Waals surface area contributed by atoms with Gasteiger partial charge >= 0.3 is 6.18 Å². The number of hydrogen-bond donors (Lipinski definition) is 1. The van der Waals surface area contributed by atoms with Crippen LogP contribution in [0.5, 0.6) is 0 Å². The predicted octanol–water partition coefficient (Wildman–Crippen LogP) is 2.06. The van der Waals surface area contributed by atoms with Gasteiger partial charge in [0.15, 0.2) is 0 Å². The maximum Gasteiger partial charge on any atom is 0.397 e. The number of benzene rings is 1. The Bertz CT molecular complexity index is 404. The molecule has 1 aromatic carbocycles. The minimum atomic E-state index is -4.49. The molecule has 0 aromatic heterocycles. The molecule has 2 N–H and O–H groups in total. The lowest BCUT2D eigenvalue weighted by molar-refractivity contribution is -0.151. The van der Waals surface area contributed by atoms with Gasteiger partial charge in [-0.3, -0.25) is 4.79 Å². The number of carbonyl (C=O) groups excluding carboxylic acids is 1. The zero-order valence-electron chi connectivity index (χ0n) is 9.29. The van der Waals surface area contributed by atoms with Gasteiger partial charge in [-0.05, 0) is 17.7 Å². The van der Waals surface area contributed by atoms with Gasteiger partial charge in [-0.25, -0.2) is 0 Å². The number of amides is 1. The molecule has 0 fully saturated rings. The number of halogens is 3. The molecule has 0 atom stereocenters. The average molecular weight is 246 g/mol. The normalized spacial score (nSPS) is 11.4. The zero-order valence-corrected chi connectivity index (χ0v) is 9.29. The van der Waals surface area contributed by atoms with E-state index in [0.29, 0.717) is 5.69 Å². The second kappa shape index (κ2) is 5.18. The molecule has 0 aliphatic carbocycles. The van der Waals surface area contributed by atoms with E-state index in [0.717, 1.165) is 10.5 Å². The fraction of sp³-hybridized carbons (Fsp3) is 0.364. The van der Waals surface area contributed by atoms with Gasteiger partial charge in [0.2, 0.25) is 5.91 Å². The molecule has 1 rings (SSSR count). The number of anilines is 1. The van der Waals surface area contributed by atoms with Gasteiger partial charge < -0.3 is 10.6 Å². The highest BCUT2D eigenvalue weighted by atomic mass is 19.4. The second-order valence-corrected chi connectivity index (χ2v) is 3.62. The predicted molar refractivity (Wildman–Crippen MR) is 58.4 cm³/mol. The summed E-state index contributed by atoms with van der Waals surface area (Å²) in [6.07, 6.45) is -5.95. The van der Waals surface area contributed by atoms with Gasteiger partial charge in [0.05, 0.1) is 0 Å². The topological polar surface area (TPSA) is 46.3 Å².